The Labute approximate surface area is 169 Å². The molecule has 2 aromatic carbocycles. The number of thioether (sulfide) groups is 1. The number of benzene rings is 2. The van der Waals surface area contributed by atoms with Gasteiger partial charge in [-0.05, 0) is 60.0 Å². The van der Waals surface area contributed by atoms with E-state index in [1.54, 1.807) is 9.58 Å². The standard InChI is InChI=1S/C21H25N5OS/c1-5-25(18-9-7-6-8-10-18)20(27)16(4)28-21-22-23-24-26(21)19-13-11-17(12-14-19)15(2)3/h6-16H,5H2,1-4H3/t16-/m0/s1. The summed E-state index contributed by atoms with van der Waals surface area (Å²) in [6.07, 6.45) is 0. The lowest BCUT2D eigenvalue weighted by Crippen LogP contribution is -2.36. The lowest BCUT2D eigenvalue weighted by Gasteiger charge is -2.24. The molecule has 28 heavy (non-hydrogen) atoms. The average molecular weight is 396 g/mol. The third kappa shape index (κ3) is 4.42. The Kier molecular flexibility index (Phi) is 6.46. The summed E-state index contributed by atoms with van der Waals surface area (Å²) in [6.45, 7) is 8.79. The van der Waals surface area contributed by atoms with Crippen molar-refractivity contribution in [2.75, 3.05) is 11.4 Å². The molecule has 0 spiro atoms. The van der Waals surface area contributed by atoms with Crippen LogP contribution >= 0.6 is 11.8 Å². The second-order valence-corrected chi connectivity index (χ2v) is 8.11. The van der Waals surface area contributed by atoms with Gasteiger partial charge >= 0.3 is 0 Å². The first-order chi connectivity index (χ1) is 13.5. The highest BCUT2D eigenvalue weighted by atomic mass is 32.2. The normalized spacial score (nSPS) is 12.2. The van der Waals surface area contributed by atoms with Gasteiger partial charge < -0.3 is 4.90 Å². The van der Waals surface area contributed by atoms with Crippen LogP contribution in [0.1, 0.15) is 39.2 Å². The molecule has 6 nitrogen and oxygen atoms in total. The molecule has 0 aliphatic heterocycles. The zero-order chi connectivity index (χ0) is 20.1. The number of aromatic nitrogens is 4. The summed E-state index contributed by atoms with van der Waals surface area (Å²) in [5.74, 6) is 0.496. The molecule has 0 fully saturated rings. The third-order valence-electron chi connectivity index (χ3n) is 4.53. The lowest BCUT2D eigenvalue weighted by atomic mass is 10.0. The van der Waals surface area contributed by atoms with Gasteiger partial charge in [0.25, 0.3) is 0 Å². The molecule has 7 heteroatoms. The first-order valence-electron chi connectivity index (χ1n) is 9.43. The van der Waals surface area contributed by atoms with Crippen molar-refractivity contribution in [2.24, 2.45) is 0 Å². The number of carbonyl (C=O) groups excluding carboxylic acids is 1. The van der Waals surface area contributed by atoms with Gasteiger partial charge in [0, 0.05) is 12.2 Å². The van der Waals surface area contributed by atoms with E-state index in [0.29, 0.717) is 17.6 Å². The summed E-state index contributed by atoms with van der Waals surface area (Å²) >= 11 is 1.36. The van der Waals surface area contributed by atoms with E-state index in [9.17, 15) is 4.79 Å². The second-order valence-electron chi connectivity index (χ2n) is 6.80. The van der Waals surface area contributed by atoms with E-state index in [4.69, 9.17) is 0 Å². The number of nitrogens with zero attached hydrogens (tertiary/aromatic N) is 5. The fourth-order valence-electron chi connectivity index (χ4n) is 2.92. The molecule has 1 heterocycles. The molecule has 1 amide bonds. The van der Waals surface area contributed by atoms with Gasteiger partial charge in [-0.15, -0.1) is 5.10 Å². The molecule has 1 aromatic heterocycles. The van der Waals surface area contributed by atoms with Gasteiger partial charge in [-0.3, -0.25) is 4.79 Å². The SMILES string of the molecule is CCN(C(=O)[C@H](C)Sc1nnnn1-c1ccc(C(C)C)cc1)c1ccccc1. The predicted molar refractivity (Wildman–Crippen MR) is 113 cm³/mol. The van der Waals surface area contributed by atoms with E-state index in [1.807, 2.05) is 56.3 Å². The highest BCUT2D eigenvalue weighted by Gasteiger charge is 2.24. The minimum absolute atomic E-state index is 0.0309. The molecule has 0 bridgehead atoms. The smallest absolute Gasteiger partial charge is 0.240 e. The van der Waals surface area contributed by atoms with Crippen LogP contribution in [0.2, 0.25) is 0 Å². The molecule has 0 unspecified atom stereocenters. The topological polar surface area (TPSA) is 63.9 Å². The third-order valence-corrected chi connectivity index (χ3v) is 5.55. The van der Waals surface area contributed by atoms with E-state index in [0.717, 1.165) is 11.4 Å². The van der Waals surface area contributed by atoms with Crippen LogP contribution in [0.25, 0.3) is 5.69 Å². The van der Waals surface area contributed by atoms with Crippen molar-refractivity contribution in [3.05, 3.63) is 60.2 Å². The molecule has 0 aliphatic rings. The Morgan fingerprint density at radius 1 is 1.07 bits per heavy atom. The van der Waals surface area contributed by atoms with Crippen molar-refractivity contribution >= 4 is 23.4 Å². The van der Waals surface area contributed by atoms with Gasteiger partial charge in [0.15, 0.2) is 0 Å². The van der Waals surface area contributed by atoms with E-state index >= 15 is 0 Å². The molecule has 0 saturated carbocycles. The van der Waals surface area contributed by atoms with Crippen LogP contribution in [0, 0.1) is 0 Å². The zero-order valence-electron chi connectivity index (χ0n) is 16.6. The molecule has 0 radical (unpaired) electrons. The van der Waals surface area contributed by atoms with Gasteiger partial charge in [-0.25, -0.2) is 0 Å². The van der Waals surface area contributed by atoms with Crippen molar-refractivity contribution in [2.45, 2.75) is 44.0 Å². The highest BCUT2D eigenvalue weighted by molar-refractivity contribution is 8.00. The summed E-state index contributed by atoms with van der Waals surface area (Å²) in [7, 11) is 0. The van der Waals surface area contributed by atoms with Crippen LogP contribution in [0.3, 0.4) is 0 Å². The summed E-state index contributed by atoms with van der Waals surface area (Å²) in [6, 6.07) is 17.9. The first-order valence-corrected chi connectivity index (χ1v) is 10.3. The molecule has 0 aliphatic carbocycles. The van der Waals surface area contributed by atoms with Crippen molar-refractivity contribution in [1.29, 1.82) is 0 Å². The lowest BCUT2D eigenvalue weighted by molar-refractivity contribution is -0.117. The van der Waals surface area contributed by atoms with Gasteiger partial charge in [0.05, 0.1) is 10.9 Å². The summed E-state index contributed by atoms with van der Waals surface area (Å²) in [4.78, 5) is 14.8. The Hall–Kier alpha value is -2.67. The number of hydrogen-bond donors (Lipinski definition) is 0. The van der Waals surface area contributed by atoms with Crippen LogP contribution in [0.4, 0.5) is 5.69 Å². The van der Waals surface area contributed by atoms with Crippen LogP contribution < -0.4 is 4.90 Å². The summed E-state index contributed by atoms with van der Waals surface area (Å²) in [5, 5.41) is 12.3. The monoisotopic (exact) mass is 395 g/mol. The number of hydrogen-bond acceptors (Lipinski definition) is 5. The van der Waals surface area contributed by atoms with Gasteiger partial charge in [0.2, 0.25) is 11.1 Å². The number of amides is 1. The Bertz CT molecular complexity index is 908. The molecule has 0 N–H and O–H groups in total. The maximum absolute atomic E-state index is 13.0. The predicted octanol–water partition coefficient (Wildman–Crippen LogP) is 4.32. The Balaban J connectivity index is 1.77. The van der Waals surface area contributed by atoms with Crippen molar-refractivity contribution in [3.63, 3.8) is 0 Å². The molecular weight excluding hydrogens is 370 g/mol. The number of carbonyl (C=O) groups is 1. The number of anilines is 1. The van der Waals surface area contributed by atoms with Crippen LogP contribution in [0.5, 0.6) is 0 Å². The fraction of sp³-hybridized carbons (Fsp3) is 0.333. The maximum atomic E-state index is 13.0. The average Bonchev–Trinajstić information content (AvgIpc) is 3.17. The number of rotatable bonds is 7. The Morgan fingerprint density at radius 2 is 1.75 bits per heavy atom. The van der Waals surface area contributed by atoms with Crippen molar-refractivity contribution in [1.82, 2.24) is 20.2 Å². The van der Waals surface area contributed by atoms with Crippen LogP contribution in [-0.4, -0.2) is 37.9 Å². The minimum Gasteiger partial charge on any atom is -0.312 e. The first kappa shape index (κ1) is 20.1. The van der Waals surface area contributed by atoms with Gasteiger partial charge in [0.1, 0.15) is 0 Å². The van der Waals surface area contributed by atoms with E-state index in [-0.39, 0.29) is 11.2 Å². The minimum atomic E-state index is -0.320. The van der Waals surface area contributed by atoms with E-state index < -0.39 is 0 Å². The van der Waals surface area contributed by atoms with Crippen LogP contribution in [-0.2, 0) is 4.79 Å². The van der Waals surface area contributed by atoms with Gasteiger partial charge in [-0.1, -0.05) is 55.9 Å². The Morgan fingerprint density at radius 3 is 2.36 bits per heavy atom. The molecule has 1 atom stereocenters. The van der Waals surface area contributed by atoms with E-state index in [2.05, 4.69) is 41.5 Å². The molecule has 0 saturated heterocycles. The van der Waals surface area contributed by atoms with E-state index in [1.165, 1.54) is 17.3 Å². The quantitative estimate of drug-likeness (QED) is 0.558. The van der Waals surface area contributed by atoms with Crippen molar-refractivity contribution in [3.8, 4) is 5.69 Å². The molecule has 146 valence electrons. The maximum Gasteiger partial charge on any atom is 0.240 e. The highest BCUT2D eigenvalue weighted by Crippen LogP contribution is 2.26. The molecular formula is C21H25N5OS. The fourth-order valence-corrected chi connectivity index (χ4v) is 3.79. The summed E-state index contributed by atoms with van der Waals surface area (Å²) in [5.41, 5.74) is 3.04. The number of para-hydroxylation sites is 1. The summed E-state index contributed by atoms with van der Waals surface area (Å²) < 4.78 is 1.68. The van der Waals surface area contributed by atoms with Crippen molar-refractivity contribution < 1.29 is 4.79 Å². The van der Waals surface area contributed by atoms with Crippen LogP contribution in [0.15, 0.2) is 59.8 Å². The molecule has 3 aromatic rings. The molecule has 3 rings (SSSR count). The van der Waals surface area contributed by atoms with Gasteiger partial charge in [-0.2, -0.15) is 4.68 Å². The number of tetrazole rings is 1. The zero-order valence-corrected chi connectivity index (χ0v) is 17.4. The second kappa shape index (κ2) is 9.01. The largest absolute Gasteiger partial charge is 0.312 e.